The van der Waals surface area contributed by atoms with Crippen molar-refractivity contribution < 1.29 is 28.9 Å². The van der Waals surface area contributed by atoms with Gasteiger partial charge in [0.25, 0.3) is 0 Å². The third kappa shape index (κ3) is 7.46. The maximum Gasteiger partial charge on any atom is 0.323 e. The van der Waals surface area contributed by atoms with Crippen molar-refractivity contribution >= 4 is 23.3 Å². The summed E-state index contributed by atoms with van der Waals surface area (Å²) in [6.45, 7) is 6.31. The van der Waals surface area contributed by atoms with Crippen LogP contribution in [-0.2, 0) is 11.2 Å². The van der Waals surface area contributed by atoms with E-state index in [1.807, 2.05) is 13.0 Å². The van der Waals surface area contributed by atoms with Crippen LogP contribution in [0.5, 0.6) is 17.2 Å². The van der Waals surface area contributed by atoms with Crippen molar-refractivity contribution in [3.05, 3.63) is 42.0 Å². The van der Waals surface area contributed by atoms with Crippen LogP contribution in [0.4, 0.5) is 16.2 Å². The van der Waals surface area contributed by atoms with Crippen LogP contribution in [0, 0.1) is 11.8 Å². The second-order valence-electron chi connectivity index (χ2n) is 12.1. The normalized spacial score (nSPS) is 21.5. The molecule has 3 N–H and O–H groups in total. The zero-order valence-electron chi connectivity index (χ0n) is 24.9. The molecule has 0 saturated heterocycles. The molecule has 2 aromatic rings. The van der Waals surface area contributed by atoms with E-state index in [9.17, 15) is 14.7 Å². The number of aliphatic hydroxyl groups is 1. The number of ether oxygens (including phenoxy) is 3. The summed E-state index contributed by atoms with van der Waals surface area (Å²) in [4.78, 5) is 30.5. The molecule has 3 atom stereocenters. The average molecular weight is 581 g/mol. The van der Waals surface area contributed by atoms with Gasteiger partial charge in [0.2, 0.25) is 12.7 Å². The quantitative estimate of drug-likeness (QED) is 0.414. The summed E-state index contributed by atoms with van der Waals surface area (Å²) in [6, 6.07) is 9.90. The summed E-state index contributed by atoms with van der Waals surface area (Å²) < 4.78 is 17.4. The molecule has 0 bridgehead atoms. The number of nitrogens with zero attached hydrogens (tertiary/aromatic N) is 2. The van der Waals surface area contributed by atoms with Crippen LogP contribution in [0.2, 0.25) is 0 Å². The first kappa shape index (κ1) is 30.0. The topological polar surface area (TPSA) is 113 Å². The third-order valence-electron chi connectivity index (χ3n) is 8.59. The molecular formula is C32H44N4O6. The van der Waals surface area contributed by atoms with Crippen molar-refractivity contribution in [1.29, 1.82) is 0 Å². The van der Waals surface area contributed by atoms with Gasteiger partial charge in [-0.1, -0.05) is 26.2 Å². The standard InChI is InChI=1S/C32H44N4O6/c1-21-16-36(22(2)19-37)31(38)14-24-13-25(33-32(39)34-26-10-12-28-29(15-26)41-20-40-28)9-11-27(24)42-30(21)18-35(3)17-23-7-5-4-6-8-23/h9-13,15,21-23,30,37H,4-8,14,16-20H2,1-3H3,(H2,33,34,39)/t21-,22-,30+/m1/s1. The maximum absolute atomic E-state index is 13.5. The molecule has 2 aliphatic heterocycles. The van der Waals surface area contributed by atoms with Crippen molar-refractivity contribution in [3.8, 4) is 17.2 Å². The first-order chi connectivity index (χ1) is 20.3. The lowest BCUT2D eigenvalue weighted by atomic mass is 9.89. The molecule has 0 radical (unpaired) electrons. The number of urea groups is 1. The van der Waals surface area contributed by atoms with E-state index < -0.39 is 6.03 Å². The highest BCUT2D eigenvalue weighted by molar-refractivity contribution is 6.00. The number of hydrogen-bond donors (Lipinski definition) is 3. The van der Waals surface area contributed by atoms with E-state index >= 15 is 0 Å². The van der Waals surface area contributed by atoms with Gasteiger partial charge in [0.1, 0.15) is 11.9 Å². The maximum atomic E-state index is 13.5. The van der Waals surface area contributed by atoms with E-state index in [2.05, 4.69) is 29.5 Å². The minimum atomic E-state index is -0.421. The van der Waals surface area contributed by atoms with E-state index in [1.165, 1.54) is 32.1 Å². The number of carbonyl (C=O) groups is 2. The lowest BCUT2D eigenvalue weighted by molar-refractivity contribution is -0.134. The minimum Gasteiger partial charge on any atom is -0.488 e. The van der Waals surface area contributed by atoms with Crippen molar-refractivity contribution in [2.45, 2.75) is 64.5 Å². The Bertz CT molecular complexity index is 1250. The Hall–Kier alpha value is -3.50. The molecule has 0 spiro atoms. The van der Waals surface area contributed by atoms with Gasteiger partial charge in [-0.05, 0) is 63.1 Å². The molecule has 1 aliphatic carbocycles. The Morgan fingerprint density at radius 1 is 1.02 bits per heavy atom. The number of fused-ring (bicyclic) bond motifs is 2. The van der Waals surface area contributed by atoms with Crippen LogP contribution in [0.1, 0.15) is 51.5 Å². The first-order valence-electron chi connectivity index (χ1n) is 15.1. The Morgan fingerprint density at radius 2 is 1.71 bits per heavy atom. The fourth-order valence-corrected chi connectivity index (χ4v) is 6.19. The molecule has 42 heavy (non-hydrogen) atoms. The smallest absolute Gasteiger partial charge is 0.323 e. The van der Waals surface area contributed by atoms with Crippen molar-refractivity contribution in [2.75, 3.05) is 50.7 Å². The molecule has 228 valence electrons. The number of benzene rings is 2. The molecule has 1 fully saturated rings. The molecule has 10 nitrogen and oxygen atoms in total. The van der Waals surface area contributed by atoms with Gasteiger partial charge in [0, 0.05) is 48.6 Å². The van der Waals surface area contributed by atoms with Crippen LogP contribution in [-0.4, -0.2) is 79.1 Å². The molecule has 1 saturated carbocycles. The number of nitrogens with one attached hydrogen (secondary N) is 2. The highest BCUT2D eigenvalue weighted by atomic mass is 16.7. The van der Waals surface area contributed by atoms with Crippen LogP contribution in [0.3, 0.4) is 0 Å². The Morgan fingerprint density at radius 3 is 2.45 bits per heavy atom. The molecule has 5 rings (SSSR count). The summed E-state index contributed by atoms with van der Waals surface area (Å²) in [7, 11) is 2.16. The van der Waals surface area contributed by atoms with Crippen LogP contribution in [0.25, 0.3) is 0 Å². The SMILES string of the molecule is C[C@@H]1CN([C@H](C)CO)C(=O)Cc2cc(NC(=O)Nc3ccc4c(c3)OCO4)ccc2O[C@H]1CN(C)CC1CCCCC1. The van der Waals surface area contributed by atoms with E-state index in [0.29, 0.717) is 46.6 Å². The van der Waals surface area contributed by atoms with Gasteiger partial charge < -0.3 is 39.8 Å². The van der Waals surface area contributed by atoms with E-state index in [4.69, 9.17) is 14.2 Å². The molecule has 3 aliphatic rings. The number of amides is 3. The molecule has 0 unspecified atom stereocenters. The number of hydrogen-bond acceptors (Lipinski definition) is 7. The van der Waals surface area contributed by atoms with Crippen LogP contribution < -0.4 is 24.8 Å². The number of anilines is 2. The highest BCUT2D eigenvalue weighted by Gasteiger charge is 2.31. The fraction of sp³-hybridized carbons (Fsp3) is 0.562. The van der Waals surface area contributed by atoms with Gasteiger partial charge in [-0.3, -0.25) is 4.79 Å². The fourth-order valence-electron chi connectivity index (χ4n) is 6.19. The summed E-state index contributed by atoms with van der Waals surface area (Å²) in [5, 5.41) is 15.6. The molecule has 3 amide bonds. The molecule has 2 aromatic carbocycles. The van der Waals surface area contributed by atoms with Gasteiger partial charge >= 0.3 is 6.03 Å². The number of likely N-dealkylation sites (N-methyl/N-ethyl adjacent to an activating group) is 1. The highest BCUT2D eigenvalue weighted by Crippen LogP contribution is 2.34. The van der Waals surface area contributed by atoms with Crippen molar-refractivity contribution in [3.63, 3.8) is 0 Å². The van der Waals surface area contributed by atoms with Crippen molar-refractivity contribution in [2.24, 2.45) is 11.8 Å². The Balaban J connectivity index is 1.32. The van der Waals surface area contributed by atoms with Gasteiger partial charge in [-0.15, -0.1) is 0 Å². The van der Waals surface area contributed by atoms with Gasteiger partial charge in [-0.2, -0.15) is 0 Å². The van der Waals surface area contributed by atoms with Gasteiger partial charge in [0.05, 0.1) is 19.1 Å². The van der Waals surface area contributed by atoms with Gasteiger partial charge in [0.15, 0.2) is 11.5 Å². The summed E-state index contributed by atoms with van der Waals surface area (Å²) >= 11 is 0. The van der Waals surface area contributed by atoms with Gasteiger partial charge in [-0.25, -0.2) is 4.79 Å². The predicted octanol–water partition coefficient (Wildman–Crippen LogP) is 4.72. The molecular weight excluding hydrogens is 536 g/mol. The van der Waals surface area contributed by atoms with E-state index in [1.54, 1.807) is 35.2 Å². The summed E-state index contributed by atoms with van der Waals surface area (Å²) in [6.07, 6.45) is 6.47. The predicted molar refractivity (Wildman–Crippen MR) is 161 cm³/mol. The lowest BCUT2D eigenvalue weighted by Gasteiger charge is -2.35. The number of rotatable bonds is 8. The second kappa shape index (κ2) is 13.6. The monoisotopic (exact) mass is 580 g/mol. The van der Waals surface area contributed by atoms with Crippen molar-refractivity contribution in [1.82, 2.24) is 9.80 Å². The first-order valence-corrected chi connectivity index (χ1v) is 15.1. The zero-order valence-corrected chi connectivity index (χ0v) is 24.9. The Kier molecular flexibility index (Phi) is 9.74. The third-order valence-corrected chi connectivity index (χ3v) is 8.59. The number of carbonyl (C=O) groups excluding carboxylic acids is 2. The molecule has 2 heterocycles. The Labute approximate surface area is 248 Å². The van der Waals surface area contributed by atoms with E-state index in [-0.39, 0.29) is 43.8 Å². The van der Waals surface area contributed by atoms with E-state index in [0.717, 1.165) is 13.1 Å². The number of aliphatic hydroxyl groups excluding tert-OH is 1. The summed E-state index contributed by atoms with van der Waals surface area (Å²) in [5.74, 6) is 2.55. The lowest BCUT2D eigenvalue weighted by Crippen LogP contribution is -2.48. The summed E-state index contributed by atoms with van der Waals surface area (Å²) in [5.41, 5.74) is 1.81. The average Bonchev–Trinajstić information content (AvgIpc) is 3.45. The molecule has 0 aromatic heterocycles. The second-order valence-corrected chi connectivity index (χ2v) is 12.1. The zero-order chi connectivity index (χ0) is 29.6. The van der Waals surface area contributed by atoms with Crippen LogP contribution in [0.15, 0.2) is 36.4 Å². The van der Waals surface area contributed by atoms with Crippen LogP contribution >= 0.6 is 0 Å². The minimum absolute atomic E-state index is 0.0491. The molecule has 10 heteroatoms. The largest absolute Gasteiger partial charge is 0.488 e.